The lowest BCUT2D eigenvalue weighted by Crippen LogP contribution is -2.32. The quantitative estimate of drug-likeness (QED) is 0.809. The van der Waals surface area contributed by atoms with Crippen LogP contribution in [0.5, 0.6) is 0 Å². The number of para-hydroxylation sites is 1. The first-order valence-corrected chi connectivity index (χ1v) is 6.27. The Balaban J connectivity index is 1.94. The summed E-state index contributed by atoms with van der Waals surface area (Å²) in [5, 5.41) is 3.32. The number of rotatable bonds is 4. The molecule has 1 N–H and O–H groups in total. The highest BCUT2D eigenvalue weighted by molar-refractivity contribution is 5.43. The minimum absolute atomic E-state index is 0.00250. The average molecular weight is 221 g/mol. The van der Waals surface area contributed by atoms with Gasteiger partial charge in [0.2, 0.25) is 0 Å². The van der Waals surface area contributed by atoms with Gasteiger partial charge in [-0.15, -0.1) is 0 Å². The van der Waals surface area contributed by atoms with Crippen LogP contribution in [0.1, 0.15) is 32.1 Å². The van der Waals surface area contributed by atoms with Gasteiger partial charge in [0.15, 0.2) is 0 Å². The van der Waals surface area contributed by atoms with E-state index in [-0.39, 0.29) is 12.7 Å². The summed E-state index contributed by atoms with van der Waals surface area (Å²) in [6.45, 7) is -0.264. The van der Waals surface area contributed by atoms with Gasteiger partial charge >= 0.3 is 0 Å². The van der Waals surface area contributed by atoms with Crippen LogP contribution < -0.4 is 5.32 Å². The Kier molecular flexibility index (Phi) is 4.20. The summed E-state index contributed by atoms with van der Waals surface area (Å²) in [5.41, 5.74) is 1.04. The van der Waals surface area contributed by atoms with Crippen LogP contribution in [0.3, 0.4) is 0 Å². The molecule has 0 aromatic heterocycles. The summed E-state index contributed by atoms with van der Waals surface area (Å²) in [6.07, 6.45) is 6.19. The second-order valence-electron chi connectivity index (χ2n) is 4.67. The monoisotopic (exact) mass is 221 g/mol. The summed E-state index contributed by atoms with van der Waals surface area (Å²) in [6, 6.07) is 9.97. The lowest BCUT2D eigenvalue weighted by atomic mass is 9.84. The molecule has 1 aromatic rings. The Labute approximate surface area is 97.1 Å². The smallest absolute Gasteiger partial charge is 0.110 e. The van der Waals surface area contributed by atoms with Crippen molar-refractivity contribution in [3.63, 3.8) is 0 Å². The topological polar surface area (TPSA) is 12.0 Å². The third-order valence-electron chi connectivity index (χ3n) is 3.51. The molecule has 2 rings (SSSR count). The van der Waals surface area contributed by atoms with Crippen LogP contribution in [0.25, 0.3) is 0 Å². The first-order chi connectivity index (χ1) is 7.90. The van der Waals surface area contributed by atoms with E-state index in [9.17, 15) is 4.39 Å². The lowest BCUT2D eigenvalue weighted by Gasteiger charge is -2.29. The molecular weight excluding hydrogens is 201 g/mol. The maximum Gasteiger partial charge on any atom is 0.110 e. The first kappa shape index (κ1) is 11.4. The SMILES string of the molecule is FCC(Nc1ccccc1)C1CCCCC1. The van der Waals surface area contributed by atoms with Crippen molar-refractivity contribution >= 4 is 5.69 Å². The third-order valence-corrected chi connectivity index (χ3v) is 3.51. The first-order valence-electron chi connectivity index (χ1n) is 6.27. The zero-order valence-corrected chi connectivity index (χ0v) is 9.66. The van der Waals surface area contributed by atoms with Gasteiger partial charge in [-0.25, -0.2) is 4.39 Å². The van der Waals surface area contributed by atoms with Crippen molar-refractivity contribution in [2.24, 2.45) is 5.92 Å². The lowest BCUT2D eigenvalue weighted by molar-refractivity contribution is 0.278. The number of halogens is 1. The molecule has 1 aromatic carbocycles. The average Bonchev–Trinajstić information content (AvgIpc) is 2.38. The molecule has 0 radical (unpaired) electrons. The van der Waals surface area contributed by atoms with E-state index >= 15 is 0 Å². The Morgan fingerprint density at radius 3 is 2.44 bits per heavy atom. The molecule has 1 aliphatic carbocycles. The zero-order chi connectivity index (χ0) is 11.2. The van der Waals surface area contributed by atoms with Crippen molar-refractivity contribution < 1.29 is 4.39 Å². The molecular formula is C14H20FN. The molecule has 1 saturated carbocycles. The number of hydrogen-bond donors (Lipinski definition) is 1. The largest absolute Gasteiger partial charge is 0.379 e. The molecule has 16 heavy (non-hydrogen) atoms. The minimum Gasteiger partial charge on any atom is -0.379 e. The van der Waals surface area contributed by atoms with Gasteiger partial charge in [0.25, 0.3) is 0 Å². The third kappa shape index (κ3) is 2.97. The van der Waals surface area contributed by atoms with Gasteiger partial charge in [0.1, 0.15) is 6.67 Å². The van der Waals surface area contributed by atoms with E-state index in [2.05, 4.69) is 5.32 Å². The predicted octanol–water partition coefficient (Wildman–Crippen LogP) is 4.02. The van der Waals surface area contributed by atoms with Crippen molar-refractivity contribution in [2.75, 3.05) is 12.0 Å². The fourth-order valence-electron chi connectivity index (χ4n) is 2.57. The molecule has 0 aliphatic heterocycles. The Morgan fingerprint density at radius 1 is 1.12 bits per heavy atom. The molecule has 0 amide bonds. The van der Waals surface area contributed by atoms with Crippen molar-refractivity contribution in [3.8, 4) is 0 Å². The van der Waals surface area contributed by atoms with Crippen molar-refractivity contribution in [1.29, 1.82) is 0 Å². The van der Waals surface area contributed by atoms with Gasteiger partial charge in [-0.3, -0.25) is 0 Å². The van der Waals surface area contributed by atoms with Gasteiger partial charge < -0.3 is 5.32 Å². The Morgan fingerprint density at radius 2 is 1.81 bits per heavy atom. The number of nitrogens with one attached hydrogen (secondary N) is 1. The highest BCUT2D eigenvalue weighted by Crippen LogP contribution is 2.28. The van der Waals surface area contributed by atoms with Crippen LogP contribution >= 0.6 is 0 Å². The maximum atomic E-state index is 13.1. The molecule has 0 heterocycles. The molecule has 1 fully saturated rings. The van der Waals surface area contributed by atoms with E-state index in [4.69, 9.17) is 0 Å². The Bertz CT molecular complexity index is 293. The van der Waals surface area contributed by atoms with Crippen LogP contribution in [0.2, 0.25) is 0 Å². The highest BCUT2D eigenvalue weighted by atomic mass is 19.1. The van der Waals surface area contributed by atoms with Gasteiger partial charge in [-0.1, -0.05) is 37.5 Å². The number of anilines is 1. The number of hydrogen-bond acceptors (Lipinski definition) is 1. The van der Waals surface area contributed by atoms with Crippen LogP contribution in [0, 0.1) is 5.92 Å². The summed E-state index contributed by atoms with van der Waals surface area (Å²) in [4.78, 5) is 0. The van der Waals surface area contributed by atoms with Crippen molar-refractivity contribution in [2.45, 2.75) is 38.1 Å². The van der Waals surface area contributed by atoms with E-state index in [0.29, 0.717) is 5.92 Å². The van der Waals surface area contributed by atoms with E-state index in [1.807, 2.05) is 30.3 Å². The van der Waals surface area contributed by atoms with Crippen LogP contribution in [-0.4, -0.2) is 12.7 Å². The van der Waals surface area contributed by atoms with Crippen molar-refractivity contribution in [1.82, 2.24) is 0 Å². The van der Waals surface area contributed by atoms with Crippen LogP contribution in [-0.2, 0) is 0 Å². The molecule has 0 spiro atoms. The van der Waals surface area contributed by atoms with Crippen molar-refractivity contribution in [3.05, 3.63) is 30.3 Å². The zero-order valence-electron chi connectivity index (χ0n) is 9.66. The molecule has 0 bridgehead atoms. The summed E-state index contributed by atoms with van der Waals surface area (Å²) < 4.78 is 13.1. The molecule has 1 nitrogen and oxygen atoms in total. The number of alkyl halides is 1. The fourth-order valence-corrected chi connectivity index (χ4v) is 2.57. The van der Waals surface area contributed by atoms with Crippen LogP contribution in [0.15, 0.2) is 30.3 Å². The molecule has 1 aliphatic rings. The van der Waals surface area contributed by atoms with Gasteiger partial charge in [-0.05, 0) is 30.9 Å². The second-order valence-corrected chi connectivity index (χ2v) is 4.67. The van der Waals surface area contributed by atoms with Gasteiger partial charge in [0.05, 0.1) is 6.04 Å². The minimum atomic E-state index is -0.264. The van der Waals surface area contributed by atoms with E-state index in [0.717, 1.165) is 5.69 Å². The summed E-state index contributed by atoms with van der Waals surface area (Å²) in [7, 11) is 0. The van der Waals surface area contributed by atoms with E-state index in [1.165, 1.54) is 32.1 Å². The van der Waals surface area contributed by atoms with Crippen LogP contribution in [0.4, 0.5) is 10.1 Å². The maximum absolute atomic E-state index is 13.1. The van der Waals surface area contributed by atoms with Gasteiger partial charge in [-0.2, -0.15) is 0 Å². The standard InChI is InChI=1S/C14H20FN/c15-11-14(12-7-3-1-4-8-12)16-13-9-5-2-6-10-13/h2,5-6,9-10,12,14,16H,1,3-4,7-8,11H2. The molecule has 2 heteroatoms. The predicted molar refractivity (Wildman–Crippen MR) is 66.4 cm³/mol. The number of benzene rings is 1. The van der Waals surface area contributed by atoms with Gasteiger partial charge in [0, 0.05) is 5.69 Å². The highest BCUT2D eigenvalue weighted by Gasteiger charge is 2.23. The molecule has 88 valence electrons. The van der Waals surface area contributed by atoms with E-state index in [1.54, 1.807) is 0 Å². The Hall–Kier alpha value is -1.05. The molecule has 1 unspecified atom stereocenters. The summed E-state index contributed by atoms with van der Waals surface area (Å²) >= 11 is 0. The van der Waals surface area contributed by atoms with E-state index < -0.39 is 0 Å². The summed E-state index contributed by atoms with van der Waals surface area (Å²) in [5.74, 6) is 0.513. The fraction of sp³-hybridized carbons (Fsp3) is 0.571. The second kappa shape index (κ2) is 5.88. The molecule has 1 atom stereocenters. The normalized spacial score (nSPS) is 19.3. The molecule has 0 saturated heterocycles.